The first-order valence-corrected chi connectivity index (χ1v) is 7.12. The second-order valence-corrected chi connectivity index (χ2v) is 5.39. The van der Waals surface area contributed by atoms with E-state index in [1.807, 2.05) is 0 Å². The van der Waals surface area contributed by atoms with Crippen molar-refractivity contribution in [2.24, 2.45) is 11.7 Å². The number of nitrogens with two attached hydrogens (primary N) is 1. The SMILES string of the molecule is N[C@@H]1CCC[C@H]1CC(=O)NCC(=O)Nc1cccc(F)c1. The number of carbonyl (C=O) groups excluding carboxylic acids is 2. The summed E-state index contributed by atoms with van der Waals surface area (Å²) in [5.74, 6) is -0.778. The summed E-state index contributed by atoms with van der Waals surface area (Å²) in [6.45, 7) is -0.128. The van der Waals surface area contributed by atoms with Crippen LogP contribution in [0.15, 0.2) is 24.3 Å². The van der Waals surface area contributed by atoms with Gasteiger partial charge in [0.2, 0.25) is 11.8 Å². The van der Waals surface area contributed by atoms with Gasteiger partial charge in [0.15, 0.2) is 0 Å². The van der Waals surface area contributed by atoms with Crippen molar-refractivity contribution in [3.8, 4) is 0 Å². The molecule has 114 valence electrons. The lowest BCUT2D eigenvalue weighted by atomic mass is 10.00. The van der Waals surface area contributed by atoms with E-state index in [4.69, 9.17) is 5.73 Å². The third kappa shape index (κ3) is 4.82. The molecule has 0 aromatic heterocycles. The lowest BCUT2D eigenvalue weighted by Gasteiger charge is -2.14. The third-order valence-electron chi connectivity index (χ3n) is 3.72. The van der Waals surface area contributed by atoms with Gasteiger partial charge in [-0.1, -0.05) is 12.5 Å². The molecule has 0 unspecified atom stereocenters. The number of benzene rings is 1. The molecule has 0 radical (unpaired) electrons. The Bertz CT molecular complexity index is 521. The van der Waals surface area contributed by atoms with Gasteiger partial charge >= 0.3 is 0 Å². The highest BCUT2D eigenvalue weighted by Crippen LogP contribution is 2.26. The Balaban J connectivity index is 1.72. The van der Waals surface area contributed by atoms with Gasteiger partial charge in [0.25, 0.3) is 0 Å². The molecule has 1 aromatic rings. The lowest BCUT2D eigenvalue weighted by Crippen LogP contribution is -2.36. The van der Waals surface area contributed by atoms with Gasteiger partial charge in [-0.2, -0.15) is 0 Å². The summed E-state index contributed by atoms with van der Waals surface area (Å²) in [5, 5.41) is 5.09. The minimum absolute atomic E-state index is 0.0804. The molecule has 0 spiro atoms. The summed E-state index contributed by atoms with van der Waals surface area (Å²) in [4.78, 5) is 23.4. The lowest BCUT2D eigenvalue weighted by molar-refractivity contribution is -0.124. The van der Waals surface area contributed by atoms with Crippen molar-refractivity contribution in [3.63, 3.8) is 0 Å². The average Bonchev–Trinajstić information content (AvgIpc) is 2.82. The van der Waals surface area contributed by atoms with Gasteiger partial charge in [-0.3, -0.25) is 9.59 Å². The molecule has 0 heterocycles. The predicted molar refractivity (Wildman–Crippen MR) is 78.0 cm³/mol. The molecule has 1 aliphatic rings. The fourth-order valence-corrected chi connectivity index (χ4v) is 2.58. The zero-order valence-corrected chi connectivity index (χ0v) is 11.8. The molecule has 1 aliphatic carbocycles. The third-order valence-corrected chi connectivity index (χ3v) is 3.72. The van der Waals surface area contributed by atoms with Crippen LogP contribution < -0.4 is 16.4 Å². The molecule has 0 bridgehead atoms. The van der Waals surface area contributed by atoms with Crippen LogP contribution in [-0.2, 0) is 9.59 Å². The molecule has 1 aromatic carbocycles. The van der Waals surface area contributed by atoms with Gasteiger partial charge in [0, 0.05) is 18.2 Å². The van der Waals surface area contributed by atoms with E-state index >= 15 is 0 Å². The van der Waals surface area contributed by atoms with E-state index in [0.717, 1.165) is 19.3 Å². The van der Waals surface area contributed by atoms with Gasteiger partial charge in [0.05, 0.1) is 6.54 Å². The number of rotatable bonds is 5. The molecular formula is C15H20FN3O2. The number of anilines is 1. The number of hydrogen-bond acceptors (Lipinski definition) is 3. The minimum Gasteiger partial charge on any atom is -0.347 e. The molecule has 5 nitrogen and oxygen atoms in total. The second-order valence-electron chi connectivity index (χ2n) is 5.39. The molecule has 4 N–H and O–H groups in total. The van der Waals surface area contributed by atoms with Crippen LogP contribution in [0.3, 0.4) is 0 Å². The average molecular weight is 293 g/mol. The smallest absolute Gasteiger partial charge is 0.243 e. The van der Waals surface area contributed by atoms with Crippen LogP contribution in [0.1, 0.15) is 25.7 Å². The zero-order chi connectivity index (χ0) is 15.2. The van der Waals surface area contributed by atoms with Crippen molar-refractivity contribution < 1.29 is 14.0 Å². The van der Waals surface area contributed by atoms with Gasteiger partial charge in [-0.15, -0.1) is 0 Å². The van der Waals surface area contributed by atoms with E-state index < -0.39 is 5.82 Å². The van der Waals surface area contributed by atoms with Crippen LogP contribution in [-0.4, -0.2) is 24.4 Å². The van der Waals surface area contributed by atoms with E-state index in [1.54, 1.807) is 6.07 Å². The Labute approximate surface area is 123 Å². The van der Waals surface area contributed by atoms with Crippen LogP contribution in [0, 0.1) is 11.7 Å². The Morgan fingerprint density at radius 3 is 2.76 bits per heavy atom. The predicted octanol–water partition coefficient (Wildman–Crippen LogP) is 1.40. The van der Waals surface area contributed by atoms with Crippen LogP contribution in [0.5, 0.6) is 0 Å². The van der Waals surface area contributed by atoms with E-state index in [0.29, 0.717) is 12.1 Å². The first-order chi connectivity index (χ1) is 10.0. The fraction of sp³-hybridized carbons (Fsp3) is 0.467. The normalized spacial score (nSPS) is 21.0. The Morgan fingerprint density at radius 2 is 2.10 bits per heavy atom. The van der Waals surface area contributed by atoms with E-state index in [1.165, 1.54) is 18.2 Å². The number of hydrogen-bond donors (Lipinski definition) is 3. The van der Waals surface area contributed by atoms with Crippen molar-refractivity contribution in [1.82, 2.24) is 5.32 Å². The van der Waals surface area contributed by atoms with Crippen molar-refractivity contribution in [3.05, 3.63) is 30.1 Å². The Hall–Kier alpha value is -1.95. The quantitative estimate of drug-likeness (QED) is 0.767. The molecule has 2 amide bonds. The molecule has 0 aliphatic heterocycles. The van der Waals surface area contributed by atoms with Crippen LogP contribution in [0.2, 0.25) is 0 Å². The van der Waals surface area contributed by atoms with Gasteiger partial charge < -0.3 is 16.4 Å². The molecule has 21 heavy (non-hydrogen) atoms. The minimum atomic E-state index is -0.424. The molecule has 1 fully saturated rings. The standard InChI is InChI=1S/C15H20FN3O2/c16-11-4-2-5-12(8-11)19-15(21)9-18-14(20)7-10-3-1-6-13(10)17/h2,4-5,8,10,13H,1,3,6-7,9,17H2,(H,18,20)(H,19,21)/t10-,13+/m0/s1. The van der Waals surface area contributed by atoms with Crippen LogP contribution >= 0.6 is 0 Å². The maximum atomic E-state index is 13.0. The monoisotopic (exact) mass is 293 g/mol. The van der Waals surface area contributed by atoms with Gasteiger partial charge in [-0.25, -0.2) is 4.39 Å². The van der Waals surface area contributed by atoms with E-state index in [-0.39, 0.29) is 30.3 Å². The summed E-state index contributed by atoms with van der Waals surface area (Å²) >= 11 is 0. The number of carbonyl (C=O) groups is 2. The highest BCUT2D eigenvalue weighted by atomic mass is 19.1. The topological polar surface area (TPSA) is 84.2 Å². The summed E-state index contributed by atoms with van der Waals surface area (Å²) in [7, 11) is 0. The highest BCUT2D eigenvalue weighted by molar-refractivity contribution is 5.94. The number of nitrogens with one attached hydrogen (secondary N) is 2. The molecular weight excluding hydrogens is 273 g/mol. The van der Waals surface area contributed by atoms with Gasteiger partial charge in [-0.05, 0) is 37.0 Å². The number of halogens is 1. The summed E-state index contributed by atoms with van der Waals surface area (Å²) < 4.78 is 13.0. The van der Waals surface area contributed by atoms with Crippen molar-refractivity contribution in [2.75, 3.05) is 11.9 Å². The number of amides is 2. The molecule has 2 atom stereocenters. The van der Waals surface area contributed by atoms with Crippen molar-refractivity contribution in [1.29, 1.82) is 0 Å². The van der Waals surface area contributed by atoms with Crippen LogP contribution in [0.25, 0.3) is 0 Å². The molecule has 1 saturated carbocycles. The fourth-order valence-electron chi connectivity index (χ4n) is 2.58. The second kappa shape index (κ2) is 7.17. The largest absolute Gasteiger partial charge is 0.347 e. The highest BCUT2D eigenvalue weighted by Gasteiger charge is 2.26. The summed E-state index contributed by atoms with van der Waals surface area (Å²) in [6.07, 6.45) is 3.33. The Morgan fingerprint density at radius 1 is 1.29 bits per heavy atom. The maximum absolute atomic E-state index is 13.0. The van der Waals surface area contributed by atoms with Crippen molar-refractivity contribution in [2.45, 2.75) is 31.7 Å². The molecule has 0 saturated heterocycles. The first-order valence-electron chi connectivity index (χ1n) is 7.12. The first kappa shape index (κ1) is 15.4. The van der Waals surface area contributed by atoms with Crippen LogP contribution in [0.4, 0.5) is 10.1 Å². The van der Waals surface area contributed by atoms with E-state index in [9.17, 15) is 14.0 Å². The molecule has 6 heteroatoms. The maximum Gasteiger partial charge on any atom is 0.243 e. The summed E-state index contributed by atoms with van der Waals surface area (Å²) in [6, 6.07) is 5.68. The van der Waals surface area contributed by atoms with Crippen molar-refractivity contribution >= 4 is 17.5 Å². The summed E-state index contributed by atoms with van der Waals surface area (Å²) in [5.41, 5.74) is 6.27. The molecule has 2 rings (SSSR count). The Kier molecular flexibility index (Phi) is 5.27. The van der Waals surface area contributed by atoms with E-state index in [2.05, 4.69) is 10.6 Å². The van der Waals surface area contributed by atoms with Gasteiger partial charge in [0.1, 0.15) is 5.82 Å². The zero-order valence-electron chi connectivity index (χ0n) is 11.8.